The van der Waals surface area contributed by atoms with Crippen molar-refractivity contribution >= 4 is 27.8 Å². The summed E-state index contributed by atoms with van der Waals surface area (Å²) in [5.41, 5.74) is 1.39. The van der Waals surface area contributed by atoms with Crippen molar-refractivity contribution in [3.63, 3.8) is 0 Å². The Balaban J connectivity index is 1.82. The first-order chi connectivity index (χ1) is 13.4. The van der Waals surface area contributed by atoms with Gasteiger partial charge in [0.25, 0.3) is 0 Å². The number of carbonyl (C=O) groups excluding carboxylic acids is 1. The summed E-state index contributed by atoms with van der Waals surface area (Å²) in [6.07, 6.45) is -3.29. The van der Waals surface area contributed by atoms with E-state index >= 15 is 0 Å². The lowest BCUT2D eigenvalue weighted by Gasteiger charge is -2.37. The normalized spacial score (nSPS) is 26.2. The summed E-state index contributed by atoms with van der Waals surface area (Å²) in [5.74, 6) is -2.16. The van der Waals surface area contributed by atoms with Gasteiger partial charge in [0.1, 0.15) is 12.1 Å². The van der Waals surface area contributed by atoms with Crippen molar-refractivity contribution < 1.29 is 36.3 Å². The molecule has 2 saturated heterocycles. The Labute approximate surface area is 170 Å². The molecule has 0 aromatic carbocycles. The highest BCUT2D eigenvalue weighted by atomic mass is 32.2. The summed E-state index contributed by atoms with van der Waals surface area (Å²) in [6, 6.07) is 0.816. The van der Waals surface area contributed by atoms with E-state index in [0.717, 1.165) is 18.0 Å². The Bertz CT molecular complexity index is 724. The van der Waals surface area contributed by atoms with Crippen LogP contribution in [-0.4, -0.2) is 85.6 Å². The minimum absolute atomic E-state index is 0.0228. The molecule has 0 bridgehead atoms. The minimum atomic E-state index is -5.13. The van der Waals surface area contributed by atoms with Crippen LogP contribution in [0.2, 0.25) is 0 Å². The van der Waals surface area contributed by atoms with Gasteiger partial charge in [-0.1, -0.05) is 11.8 Å². The third-order valence-electron chi connectivity index (χ3n) is 4.62. The fourth-order valence-corrected chi connectivity index (χ4v) is 5.13. The maximum Gasteiger partial charge on any atom is 0.491 e. The zero-order valence-corrected chi connectivity index (χ0v) is 17.1. The summed E-state index contributed by atoms with van der Waals surface area (Å²) in [5, 5.41) is 21.1. The first kappa shape index (κ1) is 24.1. The van der Waals surface area contributed by atoms with Gasteiger partial charge in [0, 0.05) is 38.2 Å². The fraction of sp³-hybridized carbons (Fsp3) is 0.857. The highest BCUT2D eigenvalue weighted by molar-refractivity contribution is 8.00. The number of piperidine rings is 1. The van der Waals surface area contributed by atoms with Gasteiger partial charge in [-0.25, -0.2) is 22.4 Å². The summed E-state index contributed by atoms with van der Waals surface area (Å²) >= 11 is 0.902. The molecule has 0 amide bonds. The van der Waals surface area contributed by atoms with Crippen molar-refractivity contribution in [2.75, 3.05) is 38.2 Å². The largest absolute Gasteiger partial charge is 0.613 e. The number of rotatable bonds is 7. The number of hydroxylamine groups is 1. The lowest BCUT2D eigenvalue weighted by molar-refractivity contribution is -0.922. The van der Waals surface area contributed by atoms with Crippen LogP contribution in [0.25, 0.3) is 0 Å². The average Bonchev–Trinajstić information content (AvgIpc) is 3.02. The zero-order chi connectivity index (χ0) is 21.8. The van der Waals surface area contributed by atoms with Gasteiger partial charge in [-0.3, -0.25) is 5.17 Å². The third kappa shape index (κ3) is 6.67. The maximum absolute atomic E-state index is 12.4. The molecule has 166 valence electrons. The van der Waals surface area contributed by atoms with E-state index in [1.165, 1.54) is 9.21 Å². The molecule has 0 saturated carbocycles. The second-order valence-corrected chi connectivity index (χ2v) is 9.71. The molecule has 15 heteroatoms. The molecule has 0 aromatic heterocycles. The number of hydrogen-bond donors (Lipinski definition) is 2. The number of sulfonamides is 1. The topological polar surface area (TPSA) is 130 Å². The number of nitrogens with zero attached hydrogens (tertiary/aromatic N) is 3. The molecule has 0 aliphatic carbocycles. The summed E-state index contributed by atoms with van der Waals surface area (Å²) in [7, 11) is -3.30. The van der Waals surface area contributed by atoms with E-state index in [4.69, 9.17) is 5.26 Å². The number of esters is 1. The Morgan fingerprint density at radius 2 is 2.03 bits per heavy atom. The predicted molar refractivity (Wildman–Crippen MR) is 96.3 cm³/mol. The lowest BCUT2D eigenvalue weighted by atomic mass is 10.1. The van der Waals surface area contributed by atoms with Crippen molar-refractivity contribution in [1.29, 1.82) is 5.26 Å². The Morgan fingerprint density at radius 1 is 1.41 bits per heavy atom. The van der Waals surface area contributed by atoms with E-state index in [1.54, 1.807) is 0 Å². The Morgan fingerprint density at radius 3 is 2.55 bits per heavy atom. The predicted octanol–water partition coefficient (Wildman–Crippen LogP) is -1.37. The van der Waals surface area contributed by atoms with Crippen molar-refractivity contribution in [3.05, 3.63) is 5.21 Å². The van der Waals surface area contributed by atoms with Gasteiger partial charge >= 0.3 is 12.1 Å². The molecule has 0 aromatic rings. The highest BCUT2D eigenvalue weighted by Gasteiger charge is 2.45. The number of hydrogen-bond acceptors (Lipinski definition) is 9. The number of quaternary nitrogens is 1. The number of carbonyl (C=O) groups is 1. The van der Waals surface area contributed by atoms with Gasteiger partial charge in [-0.15, -0.1) is 0 Å². The number of nitrogens with one attached hydrogen (secondary N) is 2. The SMILES string of the molecule is CS(=O)(=O)N1CCC([NH+]([O-])NCCN2C(C#N)CSC2OC(=O)C(F)(F)F)CC1. The second-order valence-electron chi connectivity index (χ2n) is 6.65. The van der Waals surface area contributed by atoms with Crippen molar-refractivity contribution in [1.82, 2.24) is 14.6 Å². The monoisotopic (exact) mass is 461 g/mol. The number of thioether (sulfide) groups is 1. The molecule has 2 heterocycles. The van der Waals surface area contributed by atoms with Gasteiger partial charge < -0.3 is 9.94 Å². The van der Waals surface area contributed by atoms with Crippen LogP contribution in [0.15, 0.2) is 0 Å². The van der Waals surface area contributed by atoms with Gasteiger partial charge in [-0.05, 0) is 0 Å². The number of ether oxygens (including phenoxy) is 1. The summed E-state index contributed by atoms with van der Waals surface area (Å²) in [4.78, 5) is 12.4. The average molecular weight is 461 g/mol. The smallest absolute Gasteiger partial charge is 0.491 e. The van der Waals surface area contributed by atoms with Gasteiger partial charge in [0.15, 0.2) is 0 Å². The highest BCUT2D eigenvalue weighted by Crippen LogP contribution is 2.31. The summed E-state index contributed by atoms with van der Waals surface area (Å²) < 4.78 is 66.0. The fourth-order valence-electron chi connectivity index (χ4n) is 3.05. The van der Waals surface area contributed by atoms with Crippen molar-refractivity contribution in [3.8, 4) is 6.07 Å². The van der Waals surface area contributed by atoms with E-state index in [1.807, 2.05) is 6.07 Å². The molecule has 29 heavy (non-hydrogen) atoms. The second kappa shape index (κ2) is 9.77. The van der Waals surface area contributed by atoms with E-state index in [-0.39, 0.29) is 43.1 Å². The molecule has 3 unspecified atom stereocenters. The molecule has 2 aliphatic rings. The number of halogens is 3. The van der Waals surface area contributed by atoms with Crippen LogP contribution in [-0.2, 0) is 19.6 Å². The van der Waals surface area contributed by atoms with Crippen LogP contribution in [0.1, 0.15) is 12.8 Å². The molecule has 2 aliphatic heterocycles. The van der Waals surface area contributed by atoms with Crippen LogP contribution in [0, 0.1) is 16.5 Å². The van der Waals surface area contributed by atoms with Crippen LogP contribution in [0.5, 0.6) is 0 Å². The molecule has 0 spiro atoms. The first-order valence-electron chi connectivity index (χ1n) is 8.71. The Kier molecular flexibility index (Phi) is 8.13. The number of nitriles is 1. The van der Waals surface area contributed by atoms with E-state index < -0.39 is 33.8 Å². The van der Waals surface area contributed by atoms with Crippen LogP contribution < -0.4 is 10.6 Å². The van der Waals surface area contributed by atoms with Crippen molar-refractivity contribution in [2.24, 2.45) is 0 Å². The molecule has 0 radical (unpaired) electrons. The van der Waals surface area contributed by atoms with Gasteiger partial charge in [0.05, 0.1) is 18.9 Å². The Hall–Kier alpha value is -1.15. The third-order valence-corrected chi connectivity index (χ3v) is 7.08. The first-order valence-corrected chi connectivity index (χ1v) is 11.6. The quantitative estimate of drug-likeness (QED) is 0.348. The molecule has 2 fully saturated rings. The molecular weight excluding hydrogens is 439 g/mol. The summed E-state index contributed by atoms with van der Waals surface area (Å²) in [6.45, 7) is 0.552. The molecule has 2 rings (SSSR count). The van der Waals surface area contributed by atoms with Gasteiger partial charge in [0.2, 0.25) is 15.6 Å². The van der Waals surface area contributed by atoms with E-state index in [2.05, 4.69) is 10.2 Å². The molecule has 3 atom stereocenters. The van der Waals surface area contributed by atoms with Crippen LogP contribution in [0.3, 0.4) is 0 Å². The zero-order valence-electron chi connectivity index (χ0n) is 15.5. The van der Waals surface area contributed by atoms with Crippen LogP contribution in [0.4, 0.5) is 13.2 Å². The standard InChI is InChI=1S/C14H22F3N5O5S2/c1-29(25,26)20-5-2-10(3-6-20)22(24)19-4-7-21-11(8-18)9-28-13(21)27-12(23)14(15,16)17/h10-11,13,19,22H,2-7,9H2,1H3. The van der Waals surface area contributed by atoms with Crippen LogP contribution >= 0.6 is 11.8 Å². The van der Waals surface area contributed by atoms with E-state index in [0.29, 0.717) is 12.8 Å². The molecule has 2 N–H and O–H groups in total. The molecule has 10 nitrogen and oxygen atoms in total. The van der Waals surface area contributed by atoms with E-state index in [9.17, 15) is 31.6 Å². The van der Waals surface area contributed by atoms with Crippen molar-refractivity contribution in [2.45, 2.75) is 36.7 Å². The molecular formula is C14H22F3N5O5S2. The lowest BCUT2D eigenvalue weighted by Crippen LogP contribution is -3.18. The number of alkyl halides is 3. The van der Waals surface area contributed by atoms with Gasteiger partial charge in [-0.2, -0.15) is 23.9 Å². The minimum Gasteiger partial charge on any atom is -0.613 e. The maximum atomic E-state index is 12.4.